The van der Waals surface area contributed by atoms with E-state index >= 15 is 0 Å². The molecule has 0 spiro atoms. The van der Waals surface area contributed by atoms with E-state index in [1.165, 1.54) is 7.11 Å². The Hall–Kier alpha value is -0.910. The predicted molar refractivity (Wildman–Crippen MR) is 40.1 cm³/mol. The van der Waals surface area contributed by atoms with Crippen LogP contribution in [0.5, 0.6) is 0 Å². The van der Waals surface area contributed by atoms with E-state index in [4.69, 9.17) is 5.41 Å². The Kier molecular flexibility index (Phi) is 2.23. The summed E-state index contributed by atoms with van der Waals surface area (Å²) in [5, 5.41) is 7.14. The molecule has 4 nitrogen and oxygen atoms in total. The summed E-state index contributed by atoms with van der Waals surface area (Å²) in [6.45, 7) is 0. The fraction of sp³-hybridized carbons (Fsp3) is 0.200. The molecule has 60 valence electrons. The average Bonchev–Trinajstić information content (AvgIpc) is 2.28. The summed E-state index contributed by atoms with van der Waals surface area (Å²) in [4.78, 5) is 5.57. The van der Waals surface area contributed by atoms with Gasteiger partial charge in [-0.05, 0) is 15.9 Å². The maximum Gasteiger partial charge on any atom is 0.288 e. The van der Waals surface area contributed by atoms with Gasteiger partial charge in [-0.1, -0.05) is 0 Å². The van der Waals surface area contributed by atoms with Crippen LogP contribution in [-0.2, 0) is 4.74 Å². The molecular weight excluding hydrogens is 217 g/mol. The highest BCUT2D eigenvalue weighted by Gasteiger charge is 2.11. The lowest BCUT2D eigenvalue weighted by Gasteiger charge is -1.96. The Balaban J connectivity index is 3.03. The minimum Gasteiger partial charge on any atom is -0.480 e. The highest BCUT2D eigenvalue weighted by atomic mass is 79.9. The second-order valence-corrected chi connectivity index (χ2v) is 2.48. The van der Waals surface area contributed by atoms with Gasteiger partial charge < -0.3 is 9.72 Å². The van der Waals surface area contributed by atoms with E-state index in [0.29, 0.717) is 0 Å². The summed E-state index contributed by atoms with van der Waals surface area (Å²) in [6, 6.07) is 0. The van der Waals surface area contributed by atoms with Crippen molar-refractivity contribution < 1.29 is 9.13 Å². The molecule has 1 aromatic heterocycles. The molecule has 11 heavy (non-hydrogen) atoms. The zero-order chi connectivity index (χ0) is 8.43. The minimum absolute atomic E-state index is 0.159. The molecule has 0 atom stereocenters. The Bertz CT molecular complexity index is 285. The first-order valence-electron chi connectivity index (χ1n) is 2.69. The van der Waals surface area contributed by atoms with E-state index in [1.54, 1.807) is 0 Å². The number of aromatic nitrogens is 2. The molecule has 2 N–H and O–H groups in total. The smallest absolute Gasteiger partial charge is 0.288 e. The van der Waals surface area contributed by atoms with E-state index in [-0.39, 0.29) is 16.2 Å². The molecule has 1 aromatic rings. The highest BCUT2D eigenvalue weighted by molar-refractivity contribution is 9.10. The zero-order valence-electron chi connectivity index (χ0n) is 5.61. The van der Waals surface area contributed by atoms with E-state index in [0.717, 1.165) is 0 Å². The summed E-state index contributed by atoms with van der Waals surface area (Å²) in [5.41, 5.74) is 0.199. The third kappa shape index (κ3) is 1.56. The van der Waals surface area contributed by atoms with Crippen LogP contribution in [0.25, 0.3) is 0 Å². The fourth-order valence-electron chi connectivity index (χ4n) is 0.577. The molecule has 0 saturated carbocycles. The van der Waals surface area contributed by atoms with Crippen molar-refractivity contribution in [3.05, 3.63) is 16.4 Å². The summed E-state index contributed by atoms with van der Waals surface area (Å²) >= 11 is 2.96. The quantitative estimate of drug-likeness (QED) is 0.555. The van der Waals surface area contributed by atoms with Gasteiger partial charge in [-0.3, -0.25) is 5.41 Å². The number of nitrogens with zero attached hydrogens (tertiary/aromatic N) is 1. The van der Waals surface area contributed by atoms with Crippen molar-refractivity contribution in [2.45, 2.75) is 0 Å². The van der Waals surface area contributed by atoms with Crippen LogP contribution in [0.1, 0.15) is 5.69 Å². The van der Waals surface area contributed by atoms with Crippen LogP contribution in [-0.4, -0.2) is 23.0 Å². The first-order valence-corrected chi connectivity index (χ1v) is 3.48. The van der Waals surface area contributed by atoms with Gasteiger partial charge in [-0.25, -0.2) is 0 Å². The number of ether oxygens (including phenoxy) is 1. The second kappa shape index (κ2) is 3.00. The molecule has 0 aliphatic heterocycles. The number of hydrogen-bond acceptors (Lipinski definition) is 3. The number of aromatic amines is 1. The number of rotatable bonds is 1. The topological polar surface area (TPSA) is 61.8 Å². The number of halogens is 2. The lowest BCUT2D eigenvalue weighted by molar-refractivity contribution is 0.399. The minimum atomic E-state index is -0.742. The Morgan fingerprint density at radius 3 is 2.82 bits per heavy atom. The van der Waals surface area contributed by atoms with Crippen molar-refractivity contribution in [2.24, 2.45) is 0 Å². The van der Waals surface area contributed by atoms with E-state index in [1.807, 2.05) is 0 Å². The largest absolute Gasteiger partial charge is 0.480 e. The fourth-order valence-corrected chi connectivity index (χ4v) is 1.01. The summed E-state index contributed by atoms with van der Waals surface area (Å²) in [5.74, 6) is -0.159. The normalized spacial score (nSPS) is 9.73. The lowest BCUT2D eigenvalue weighted by Crippen LogP contribution is -2.02. The average molecular weight is 222 g/mol. The van der Waals surface area contributed by atoms with Crippen LogP contribution in [0.2, 0.25) is 0 Å². The van der Waals surface area contributed by atoms with Crippen molar-refractivity contribution in [3.8, 4) is 0 Å². The number of methoxy groups -OCH3 is 1. The standard InChI is InChI=1S/C5H5BrFN3O/c1-11-4(8)2-3(6)10-5(7)9-2/h8H,1H3,(H,9,10). The summed E-state index contributed by atoms with van der Waals surface area (Å²) in [6.07, 6.45) is -0.742. The van der Waals surface area contributed by atoms with E-state index in [9.17, 15) is 4.39 Å². The zero-order valence-corrected chi connectivity index (χ0v) is 7.20. The van der Waals surface area contributed by atoms with Crippen LogP contribution in [0, 0.1) is 11.5 Å². The third-order valence-corrected chi connectivity index (χ3v) is 1.64. The van der Waals surface area contributed by atoms with Gasteiger partial charge in [0.15, 0.2) is 0 Å². The van der Waals surface area contributed by atoms with E-state index in [2.05, 4.69) is 30.6 Å². The summed E-state index contributed by atoms with van der Waals surface area (Å²) < 4.78 is 17.1. The van der Waals surface area contributed by atoms with Crippen LogP contribution >= 0.6 is 15.9 Å². The van der Waals surface area contributed by atoms with Gasteiger partial charge in [0.1, 0.15) is 10.3 Å². The van der Waals surface area contributed by atoms with Gasteiger partial charge in [0, 0.05) is 0 Å². The maximum absolute atomic E-state index is 12.3. The SMILES string of the molecule is COC(=N)c1[nH]c(F)nc1Br. The van der Waals surface area contributed by atoms with Crippen molar-refractivity contribution >= 4 is 21.8 Å². The van der Waals surface area contributed by atoms with Crippen LogP contribution < -0.4 is 0 Å². The van der Waals surface area contributed by atoms with Crippen LogP contribution in [0.4, 0.5) is 4.39 Å². The van der Waals surface area contributed by atoms with Gasteiger partial charge in [-0.2, -0.15) is 9.37 Å². The van der Waals surface area contributed by atoms with Crippen LogP contribution in [0.3, 0.4) is 0 Å². The second-order valence-electron chi connectivity index (χ2n) is 1.73. The van der Waals surface area contributed by atoms with Gasteiger partial charge >= 0.3 is 0 Å². The van der Waals surface area contributed by atoms with Gasteiger partial charge in [-0.15, -0.1) is 0 Å². The van der Waals surface area contributed by atoms with Gasteiger partial charge in [0.05, 0.1) is 7.11 Å². The first kappa shape index (κ1) is 8.19. The molecule has 1 rings (SSSR count). The number of imidazole rings is 1. The number of hydrogen-bond donors (Lipinski definition) is 2. The molecule has 0 radical (unpaired) electrons. The van der Waals surface area contributed by atoms with Gasteiger partial charge in [0.25, 0.3) is 6.08 Å². The number of nitrogens with one attached hydrogen (secondary N) is 2. The Labute approximate surface area is 70.4 Å². The molecule has 0 bridgehead atoms. The molecule has 0 saturated heterocycles. The molecule has 1 heterocycles. The molecule has 0 aliphatic carbocycles. The highest BCUT2D eigenvalue weighted by Crippen LogP contribution is 2.13. The number of H-pyrrole nitrogens is 1. The lowest BCUT2D eigenvalue weighted by atomic mass is 10.5. The van der Waals surface area contributed by atoms with Crippen molar-refractivity contribution in [2.75, 3.05) is 7.11 Å². The molecule has 0 unspecified atom stereocenters. The van der Waals surface area contributed by atoms with Crippen molar-refractivity contribution in [1.29, 1.82) is 5.41 Å². The van der Waals surface area contributed by atoms with Crippen molar-refractivity contribution in [1.82, 2.24) is 9.97 Å². The summed E-state index contributed by atoms with van der Waals surface area (Å²) in [7, 11) is 1.33. The molecule has 0 amide bonds. The third-order valence-electron chi connectivity index (χ3n) is 1.06. The molecule has 6 heteroatoms. The van der Waals surface area contributed by atoms with Crippen LogP contribution in [0.15, 0.2) is 4.60 Å². The molecular formula is C5H5BrFN3O. The molecule has 0 fully saturated rings. The van der Waals surface area contributed by atoms with Gasteiger partial charge in [0.2, 0.25) is 5.90 Å². The van der Waals surface area contributed by atoms with E-state index < -0.39 is 6.08 Å². The molecule has 0 aromatic carbocycles. The van der Waals surface area contributed by atoms with Crippen molar-refractivity contribution in [3.63, 3.8) is 0 Å². The predicted octanol–water partition coefficient (Wildman–Crippen LogP) is 1.28. The first-order chi connectivity index (χ1) is 5.15. The Morgan fingerprint density at radius 2 is 2.45 bits per heavy atom. The Morgan fingerprint density at radius 1 is 1.82 bits per heavy atom. The monoisotopic (exact) mass is 221 g/mol. The maximum atomic E-state index is 12.3. The molecule has 0 aliphatic rings.